The minimum atomic E-state index is -0.841. The van der Waals surface area contributed by atoms with Gasteiger partial charge in [0.05, 0.1) is 9.85 Å². The third-order valence-electron chi connectivity index (χ3n) is 7.65. The summed E-state index contributed by atoms with van der Waals surface area (Å²) in [4.78, 5) is 80.6. The van der Waals surface area contributed by atoms with Crippen LogP contribution in [0.3, 0.4) is 0 Å². The van der Waals surface area contributed by atoms with E-state index in [1.807, 2.05) is 4.90 Å². The molecule has 0 unspecified atom stereocenters. The number of aliphatic imine (C=N–C) groups is 1. The topological polar surface area (TPSA) is 195 Å². The SMILES string of the molecule is CC(=O)S[C@H]1C[C@@H](C(=O)N2CCCN(C(C)=NC(=O)OCc3ccc([N+](=O)[O-])cc3)CC2)N(C(=O)OCc2ccc([N+](=O)[O-])cc2)C1. The molecule has 2 heterocycles. The van der Waals surface area contributed by atoms with Crippen molar-refractivity contribution in [1.29, 1.82) is 0 Å². The zero-order valence-electron chi connectivity index (χ0n) is 25.8. The van der Waals surface area contributed by atoms with Crippen LogP contribution in [0.5, 0.6) is 0 Å². The molecule has 250 valence electrons. The molecule has 0 spiro atoms. The van der Waals surface area contributed by atoms with Crippen molar-refractivity contribution in [1.82, 2.24) is 14.7 Å². The number of carbonyl (C=O) groups excluding carboxylic acids is 4. The van der Waals surface area contributed by atoms with Crippen molar-refractivity contribution < 1.29 is 38.5 Å². The highest BCUT2D eigenvalue weighted by atomic mass is 32.2. The van der Waals surface area contributed by atoms with E-state index in [4.69, 9.17) is 9.47 Å². The lowest BCUT2D eigenvalue weighted by Gasteiger charge is -2.29. The lowest BCUT2D eigenvalue weighted by Crippen LogP contribution is -2.49. The van der Waals surface area contributed by atoms with E-state index in [0.717, 1.165) is 11.8 Å². The lowest BCUT2D eigenvalue weighted by atomic mass is 10.2. The van der Waals surface area contributed by atoms with Gasteiger partial charge in [0, 0.05) is 69.2 Å². The van der Waals surface area contributed by atoms with Gasteiger partial charge in [-0.05, 0) is 55.2 Å². The molecular weight excluding hydrogens is 636 g/mol. The maximum absolute atomic E-state index is 13.8. The van der Waals surface area contributed by atoms with Crippen LogP contribution in [0.25, 0.3) is 0 Å². The maximum Gasteiger partial charge on any atom is 0.435 e. The Morgan fingerprint density at radius 2 is 1.36 bits per heavy atom. The van der Waals surface area contributed by atoms with Crippen LogP contribution >= 0.6 is 11.8 Å². The number of nitrogens with zero attached hydrogens (tertiary/aromatic N) is 6. The fraction of sp³-hybridized carbons (Fsp3) is 0.433. The van der Waals surface area contributed by atoms with E-state index in [9.17, 15) is 39.4 Å². The molecule has 4 rings (SSSR count). The Balaban J connectivity index is 1.34. The molecule has 0 bridgehead atoms. The van der Waals surface area contributed by atoms with Crippen LogP contribution < -0.4 is 0 Å². The second kappa shape index (κ2) is 16.0. The van der Waals surface area contributed by atoms with Crippen molar-refractivity contribution in [2.45, 2.75) is 51.2 Å². The summed E-state index contributed by atoms with van der Waals surface area (Å²) in [5.41, 5.74) is 0.950. The molecule has 16 nitrogen and oxygen atoms in total. The number of hydrogen-bond donors (Lipinski definition) is 0. The normalized spacial score (nSPS) is 18.3. The Labute approximate surface area is 274 Å². The van der Waals surface area contributed by atoms with E-state index < -0.39 is 28.1 Å². The van der Waals surface area contributed by atoms with E-state index in [1.54, 1.807) is 11.8 Å². The number of hydrogen-bond acceptors (Lipinski definition) is 11. The van der Waals surface area contributed by atoms with Crippen molar-refractivity contribution >= 4 is 52.2 Å². The predicted octanol–water partition coefficient (Wildman–Crippen LogP) is 4.15. The van der Waals surface area contributed by atoms with Crippen molar-refractivity contribution in [3.8, 4) is 0 Å². The van der Waals surface area contributed by atoms with Crippen LogP contribution in [0.15, 0.2) is 53.5 Å². The Morgan fingerprint density at radius 3 is 1.91 bits per heavy atom. The molecular formula is C30H34N6O10S. The van der Waals surface area contributed by atoms with Gasteiger partial charge >= 0.3 is 12.2 Å². The van der Waals surface area contributed by atoms with Crippen molar-refractivity contribution in [2.75, 3.05) is 32.7 Å². The van der Waals surface area contributed by atoms with Gasteiger partial charge in [0.25, 0.3) is 11.4 Å². The molecule has 17 heteroatoms. The van der Waals surface area contributed by atoms with E-state index in [-0.39, 0.29) is 53.8 Å². The molecule has 3 amide bonds. The number of carbonyl (C=O) groups is 4. The van der Waals surface area contributed by atoms with Gasteiger partial charge in [0.1, 0.15) is 25.1 Å². The number of rotatable bonds is 8. The van der Waals surface area contributed by atoms with Crippen LogP contribution in [0.1, 0.15) is 37.8 Å². The molecule has 2 fully saturated rings. The number of ether oxygens (including phenoxy) is 2. The van der Waals surface area contributed by atoms with Gasteiger partial charge in [0.15, 0.2) is 5.12 Å². The molecule has 47 heavy (non-hydrogen) atoms. The van der Waals surface area contributed by atoms with E-state index in [2.05, 4.69) is 4.99 Å². The number of nitro groups is 2. The fourth-order valence-electron chi connectivity index (χ4n) is 5.26. The highest BCUT2D eigenvalue weighted by Crippen LogP contribution is 2.30. The number of non-ortho nitro benzene ring substituents is 2. The Kier molecular flexibility index (Phi) is 11.8. The minimum Gasteiger partial charge on any atom is -0.445 e. The monoisotopic (exact) mass is 670 g/mol. The first-order valence-electron chi connectivity index (χ1n) is 14.7. The van der Waals surface area contributed by atoms with Gasteiger partial charge in [-0.1, -0.05) is 11.8 Å². The van der Waals surface area contributed by atoms with Gasteiger partial charge in [-0.3, -0.25) is 34.7 Å². The zero-order valence-corrected chi connectivity index (χ0v) is 26.6. The first-order chi connectivity index (χ1) is 22.4. The van der Waals surface area contributed by atoms with Crippen LogP contribution in [0.4, 0.5) is 21.0 Å². The average molecular weight is 671 g/mol. The van der Waals surface area contributed by atoms with Gasteiger partial charge in [-0.15, -0.1) is 0 Å². The molecule has 2 saturated heterocycles. The van der Waals surface area contributed by atoms with Gasteiger partial charge in [-0.2, -0.15) is 4.99 Å². The smallest absolute Gasteiger partial charge is 0.435 e. The average Bonchev–Trinajstić information content (AvgIpc) is 3.29. The second-order valence-corrected chi connectivity index (χ2v) is 12.4. The summed E-state index contributed by atoms with van der Waals surface area (Å²) in [7, 11) is 0. The summed E-state index contributed by atoms with van der Waals surface area (Å²) in [5, 5.41) is 21.3. The van der Waals surface area contributed by atoms with E-state index in [0.29, 0.717) is 49.6 Å². The standard InChI is InChI=1S/C30H34N6O10S/c1-20(31-29(39)45-18-22-4-8-24(9-5-22)35(41)42)32-12-3-13-33(15-14-32)28(38)27-16-26(47-21(2)37)17-34(27)30(40)46-19-23-6-10-25(11-7-23)36(43)44/h4-11,26-27H,3,12-19H2,1-2H3/t26-,27-/m0/s1. The molecule has 2 aliphatic rings. The minimum absolute atomic E-state index is 0.0716. The number of amides is 3. The molecule has 0 saturated carbocycles. The quantitative estimate of drug-likeness (QED) is 0.169. The number of nitro benzene ring substituents is 2. The van der Waals surface area contributed by atoms with Gasteiger partial charge < -0.3 is 19.3 Å². The molecule has 2 aromatic carbocycles. The molecule has 0 aliphatic carbocycles. The third-order valence-corrected chi connectivity index (χ3v) is 8.66. The first-order valence-corrected chi connectivity index (χ1v) is 15.6. The molecule has 2 aliphatic heterocycles. The summed E-state index contributed by atoms with van der Waals surface area (Å²) < 4.78 is 10.7. The molecule has 0 radical (unpaired) electrons. The van der Waals surface area contributed by atoms with Gasteiger partial charge in [-0.25, -0.2) is 9.59 Å². The molecule has 2 atom stereocenters. The van der Waals surface area contributed by atoms with Crippen molar-refractivity contribution in [3.05, 3.63) is 79.9 Å². The van der Waals surface area contributed by atoms with E-state index in [1.165, 1.54) is 60.4 Å². The van der Waals surface area contributed by atoms with Crippen molar-refractivity contribution in [2.24, 2.45) is 4.99 Å². The third kappa shape index (κ3) is 9.71. The summed E-state index contributed by atoms with van der Waals surface area (Å²) in [5.74, 6) is 0.131. The Hall–Kier alpha value is -5.06. The predicted molar refractivity (Wildman–Crippen MR) is 170 cm³/mol. The number of benzene rings is 2. The highest BCUT2D eigenvalue weighted by molar-refractivity contribution is 8.14. The lowest BCUT2D eigenvalue weighted by molar-refractivity contribution is -0.385. The molecule has 0 N–H and O–H groups in total. The van der Waals surface area contributed by atoms with Crippen molar-refractivity contribution in [3.63, 3.8) is 0 Å². The molecule has 2 aromatic rings. The van der Waals surface area contributed by atoms with Gasteiger partial charge in [0.2, 0.25) is 5.91 Å². The zero-order chi connectivity index (χ0) is 34.1. The number of likely N-dealkylation sites (tertiary alicyclic amines) is 1. The summed E-state index contributed by atoms with van der Waals surface area (Å²) in [6, 6.07) is 10.4. The Morgan fingerprint density at radius 1 is 0.830 bits per heavy atom. The summed E-state index contributed by atoms with van der Waals surface area (Å²) >= 11 is 1.07. The highest BCUT2D eigenvalue weighted by Gasteiger charge is 2.43. The van der Waals surface area contributed by atoms with E-state index >= 15 is 0 Å². The first kappa shape index (κ1) is 34.8. The van der Waals surface area contributed by atoms with Crippen LogP contribution in [0, 0.1) is 20.2 Å². The summed E-state index contributed by atoms with van der Waals surface area (Å²) in [6.45, 7) is 4.58. The van der Waals surface area contributed by atoms with Crippen LogP contribution in [-0.4, -0.2) is 97.6 Å². The number of amidine groups is 1. The van der Waals surface area contributed by atoms with Crippen LogP contribution in [0.2, 0.25) is 0 Å². The second-order valence-electron chi connectivity index (χ2n) is 10.9. The Bertz CT molecular complexity index is 1530. The summed E-state index contributed by atoms with van der Waals surface area (Å²) in [6.07, 6.45) is -0.697. The largest absolute Gasteiger partial charge is 0.445 e. The molecule has 0 aromatic heterocycles. The number of thioether (sulfide) groups is 1. The fourth-order valence-corrected chi connectivity index (χ4v) is 6.24. The maximum atomic E-state index is 13.8. The van der Waals surface area contributed by atoms with Crippen LogP contribution in [-0.2, 0) is 32.3 Å².